The number of nitrogens with one attached hydrogen (secondary N) is 1. The van der Waals surface area contributed by atoms with Crippen LogP contribution in [0.5, 0.6) is 0 Å². The Kier molecular flexibility index (Phi) is 5.90. The zero-order valence-corrected chi connectivity index (χ0v) is 16.7. The van der Waals surface area contributed by atoms with Crippen LogP contribution in [0, 0.1) is 0 Å². The third-order valence-corrected chi connectivity index (χ3v) is 6.71. The molecule has 2 saturated carbocycles. The van der Waals surface area contributed by atoms with Gasteiger partial charge in [0.1, 0.15) is 0 Å². The van der Waals surface area contributed by atoms with Gasteiger partial charge in [-0.05, 0) is 49.8 Å². The highest BCUT2D eigenvalue weighted by atomic mass is 35.5. The Morgan fingerprint density at radius 3 is 2.44 bits per heavy atom. The number of rotatable bonds is 7. The van der Waals surface area contributed by atoms with Crippen LogP contribution in [0.2, 0.25) is 0 Å². The standard InChI is InChI=1S/C18H24N4O3S.ClH/c19-18(11-1-2-12-18)17-20-16(25-21-17)10-5-13-3-8-15(9-4-13)26(23,24)22-14-6-7-14;/h3-4,8-9,14,22H,1-2,5-7,10-12,19H2;1H. The Morgan fingerprint density at radius 1 is 1.15 bits per heavy atom. The topological polar surface area (TPSA) is 111 Å². The van der Waals surface area contributed by atoms with E-state index < -0.39 is 15.6 Å². The molecule has 0 atom stereocenters. The van der Waals surface area contributed by atoms with E-state index in [1.165, 1.54) is 0 Å². The summed E-state index contributed by atoms with van der Waals surface area (Å²) in [5.41, 5.74) is 6.94. The number of nitrogens with zero attached hydrogens (tertiary/aromatic N) is 2. The van der Waals surface area contributed by atoms with Crippen molar-refractivity contribution in [3.63, 3.8) is 0 Å². The number of aromatic nitrogens is 2. The van der Waals surface area contributed by atoms with Gasteiger partial charge in [0.15, 0.2) is 5.82 Å². The van der Waals surface area contributed by atoms with E-state index >= 15 is 0 Å². The first-order valence-corrected chi connectivity index (χ1v) is 10.7. The average molecular weight is 413 g/mol. The third kappa shape index (κ3) is 4.68. The Balaban J connectivity index is 0.00000210. The van der Waals surface area contributed by atoms with Crippen molar-refractivity contribution in [1.29, 1.82) is 0 Å². The molecule has 4 rings (SSSR count). The van der Waals surface area contributed by atoms with Gasteiger partial charge in [0.05, 0.1) is 10.4 Å². The molecule has 2 fully saturated rings. The van der Waals surface area contributed by atoms with E-state index in [0.717, 1.165) is 44.1 Å². The van der Waals surface area contributed by atoms with Gasteiger partial charge in [0, 0.05) is 12.5 Å². The summed E-state index contributed by atoms with van der Waals surface area (Å²) >= 11 is 0. The molecule has 148 valence electrons. The number of hydrogen-bond acceptors (Lipinski definition) is 6. The maximum atomic E-state index is 12.2. The number of halogens is 1. The quantitative estimate of drug-likeness (QED) is 0.722. The molecule has 0 amide bonds. The summed E-state index contributed by atoms with van der Waals surface area (Å²) in [5.74, 6) is 1.18. The largest absolute Gasteiger partial charge is 0.339 e. The highest BCUT2D eigenvalue weighted by molar-refractivity contribution is 7.89. The summed E-state index contributed by atoms with van der Waals surface area (Å²) < 4.78 is 32.4. The first kappa shape index (κ1) is 20.3. The van der Waals surface area contributed by atoms with Crippen LogP contribution < -0.4 is 10.5 Å². The fourth-order valence-corrected chi connectivity index (χ4v) is 4.67. The average Bonchev–Trinajstić information content (AvgIpc) is 3.11. The van der Waals surface area contributed by atoms with Crippen molar-refractivity contribution < 1.29 is 12.9 Å². The summed E-state index contributed by atoms with van der Waals surface area (Å²) in [5, 5.41) is 4.06. The number of benzene rings is 1. The molecular weight excluding hydrogens is 388 g/mol. The first-order chi connectivity index (χ1) is 12.4. The van der Waals surface area contributed by atoms with Gasteiger partial charge in [0.25, 0.3) is 0 Å². The van der Waals surface area contributed by atoms with Crippen LogP contribution in [-0.4, -0.2) is 24.6 Å². The SMILES string of the molecule is Cl.NC1(c2noc(CCc3ccc(S(=O)(=O)NC4CC4)cc3)n2)CCCC1. The van der Waals surface area contributed by atoms with Gasteiger partial charge in [-0.25, -0.2) is 13.1 Å². The molecule has 0 radical (unpaired) electrons. The monoisotopic (exact) mass is 412 g/mol. The van der Waals surface area contributed by atoms with E-state index in [0.29, 0.717) is 29.5 Å². The molecule has 1 aromatic heterocycles. The van der Waals surface area contributed by atoms with Gasteiger partial charge in [-0.15, -0.1) is 12.4 Å². The van der Waals surface area contributed by atoms with Crippen LogP contribution in [0.3, 0.4) is 0 Å². The van der Waals surface area contributed by atoms with Crippen LogP contribution in [0.1, 0.15) is 55.8 Å². The van der Waals surface area contributed by atoms with Crippen molar-refractivity contribution >= 4 is 22.4 Å². The number of nitrogens with two attached hydrogens (primary N) is 1. The van der Waals surface area contributed by atoms with Crippen molar-refractivity contribution in [2.75, 3.05) is 0 Å². The molecule has 1 heterocycles. The highest BCUT2D eigenvalue weighted by Crippen LogP contribution is 2.34. The summed E-state index contributed by atoms with van der Waals surface area (Å²) in [7, 11) is -3.40. The molecule has 0 bridgehead atoms. The fraction of sp³-hybridized carbons (Fsp3) is 0.556. The van der Waals surface area contributed by atoms with Crippen LogP contribution in [-0.2, 0) is 28.4 Å². The molecule has 7 nitrogen and oxygen atoms in total. The number of aryl methyl sites for hydroxylation is 2. The van der Waals surface area contributed by atoms with Gasteiger partial charge in [-0.1, -0.05) is 30.1 Å². The lowest BCUT2D eigenvalue weighted by Crippen LogP contribution is -2.34. The molecule has 0 unspecified atom stereocenters. The van der Waals surface area contributed by atoms with Crippen molar-refractivity contribution in [2.45, 2.75) is 67.8 Å². The molecule has 0 saturated heterocycles. The highest BCUT2D eigenvalue weighted by Gasteiger charge is 2.35. The van der Waals surface area contributed by atoms with Gasteiger partial charge in [0.2, 0.25) is 15.9 Å². The number of sulfonamides is 1. The zero-order valence-electron chi connectivity index (χ0n) is 15.1. The molecule has 0 aliphatic heterocycles. The van der Waals surface area contributed by atoms with E-state index in [9.17, 15) is 8.42 Å². The molecule has 9 heteroatoms. The first-order valence-electron chi connectivity index (χ1n) is 9.18. The molecule has 2 aliphatic carbocycles. The minimum Gasteiger partial charge on any atom is -0.339 e. The fourth-order valence-electron chi connectivity index (χ4n) is 3.36. The molecule has 27 heavy (non-hydrogen) atoms. The summed E-state index contributed by atoms with van der Waals surface area (Å²) in [6, 6.07) is 7.07. The second-order valence-electron chi connectivity index (χ2n) is 7.41. The Morgan fingerprint density at radius 2 is 1.81 bits per heavy atom. The second-order valence-corrected chi connectivity index (χ2v) is 9.13. The molecule has 1 aromatic carbocycles. The Bertz CT molecular complexity index is 872. The molecular formula is C18H25ClN4O3S. The summed E-state index contributed by atoms with van der Waals surface area (Å²) in [6.45, 7) is 0. The minimum absolute atomic E-state index is 0. The van der Waals surface area contributed by atoms with Crippen LogP contribution >= 0.6 is 12.4 Å². The number of hydrogen-bond donors (Lipinski definition) is 2. The predicted molar refractivity (Wildman–Crippen MR) is 103 cm³/mol. The van der Waals surface area contributed by atoms with Crippen molar-refractivity contribution in [2.24, 2.45) is 5.73 Å². The Labute approximate surface area is 165 Å². The van der Waals surface area contributed by atoms with Crippen molar-refractivity contribution in [3.05, 3.63) is 41.5 Å². The molecule has 2 aromatic rings. The lowest BCUT2D eigenvalue weighted by Gasteiger charge is -2.17. The zero-order chi connectivity index (χ0) is 18.2. The summed E-state index contributed by atoms with van der Waals surface area (Å²) in [4.78, 5) is 4.77. The van der Waals surface area contributed by atoms with E-state index in [-0.39, 0.29) is 18.4 Å². The van der Waals surface area contributed by atoms with Crippen LogP contribution in [0.4, 0.5) is 0 Å². The summed E-state index contributed by atoms with van der Waals surface area (Å²) in [6.07, 6.45) is 7.16. The second kappa shape index (κ2) is 7.87. The van der Waals surface area contributed by atoms with Gasteiger partial charge in [-0.3, -0.25) is 0 Å². The molecule has 3 N–H and O–H groups in total. The van der Waals surface area contributed by atoms with Gasteiger partial charge < -0.3 is 10.3 Å². The van der Waals surface area contributed by atoms with E-state index in [1.807, 2.05) is 12.1 Å². The Hall–Kier alpha value is -1.48. The van der Waals surface area contributed by atoms with Crippen LogP contribution in [0.25, 0.3) is 0 Å². The maximum absolute atomic E-state index is 12.2. The normalized spacial score (nSPS) is 19.0. The third-order valence-electron chi connectivity index (χ3n) is 5.17. The van der Waals surface area contributed by atoms with E-state index in [2.05, 4.69) is 14.9 Å². The van der Waals surface area contributed by atoms with Crippen LogP contribution in [0.15, 0.2) is 33.7 Å². The predicted octanol–water partition coefficient (Wildman–Crippen LogP) is 2.45. The maximum Gasteiger partial charge on any atom is 0.240 e. The van der Waals surface area contributed by atoms with Gasteiger partial charge >= 0.3 is 0 Å². The molecule has 2 aliphatic rings. The lowest BCUT2D eigenvalue weighted by molar-refractivity contribution is 0.348. The van der Waals surface area contributed by atoms with Crippen molar-refractivity contribution in [1.82, 2.24) is 14.9 Å². The lowest BCUT2D eigenvalue weighted by atomic mass is 9.99. The van der Waals surface area contributed by atoms with E-state index in [4.69, 9.17) is 10.3 Å². The van der Waals surface area contributed by atoms with Crippen molar-refractivity contribution in [3.8, 4) is 0 Å². The van der Waals surface area contributed by atoms with E-state index in [1.54, 1.807) is 12.1 Å². The minimum atomic E-state index is -3.40. The van der Waals surface area contributed by atoms with Gasteiger partial charge in [-0.2, -0.15) is 4.98 Å². The smallest absolute Gasteiger partial charge is 0.240 e. The molecule has 0 spiro atoms.